The minimum absolute atomic E-state index is 0.698. The summed E-state index contributed by atoms with van der Waals surface area (Å²) in [5.41, 5.74) is 14.2. The van der Waals surface area contributed by atoms with E-state index in [2.05, 4.69) is 15.0 Å². The fraction of sp³-hybridized carbons (Fsp3) is 0. The molecule has 0 fully saturated rings. The van der Waals surface area contributed by atoms with Gasteiger partial charge in [0.1, 0.15) is 0 Å². The number of hydrogen-bond acceptors (Lipinski definition) is 4. The molecule has 5 heteroatoms. The summed E-state index contributed by atoms with van der Waals surface area (Å²) in [5, 5.41) is 0. The summed E-state index contributed by atoms with van der Waals surface area (Å²) in [7, 11) is 0. The van der Waals surface area contributed by atoms with Gasteiger partial charge in [0.25, 0.3) is 0 Å². The van der Waals surface area contributed by atoms with E-state index in [1.807, 2.05) is 84.9 Å². The van der Waals surface area contributed by atoms with E-state index in [9.17, 15) is 0 Å². The first kappa shape index (κ1) is 17.8. The largest absolute Gasteiger partial charge is 0.398 e. The SMILES string of the molecule is Nc1ccccc1/C(=C1\C=CC(c2ccccn2)=N1)c1ccc(-c2ccccn2)[nH]1. The Balaban J connectivity index is 1.66. The summed E-state index contributed by atoms with van der Waals surface area (Å²) in [5.74, 6) is 0. The molecule has 0 radical (unpaired) electrons. The summed E-state index contributed by atoms with van der Waals surface area (Å²) < 4.78 is 0. The number of rotatable bonds is 4. The van der Waals surface area contributed by atoms with Crippen molar-refractivity contribution in [2.75, 3.05) is 5.73 Å². The minimum Gasteiger partial charge on any atom is -0.398 e. The summed E-state index contributed by atoms with van der Waals surface area (Å²) in [4.78, 5) is 17.2. The second-order valence-corrected chi connectivity index (χ2v) is 6.89. The first-order valence-corrected chi connectivity index (χ1v) is 9.68. The zero-order chi connectivity index (χ0) is 20.3. The molecule has 5 rings (SSSR count). The average molecular weight is 389 g/mol. The van der Waals surface area contributed by atoms with Crippen molar-refractivity contribution < 1.29 is 0 Å². The quantitative estimate of drug-likeness (QED) is 0.489. The molecule has 0 saturated heterocycles. The van der Waals surface area contributed by atoms with E-state index >= 15 is 0 Å². The number of benzene rings is 1. The number of hydrogen-bond donors (Lipinski definition) is 2. The van der Waals surface area contributed by atoms with Gasteiger partial charge in [-0.3, -0.25) is 9.97 Å². The number of nitrogens with two attached hydrogens (primary N) is 1. The van der Waals surface area contributed by atoms with Gasteiger partial charge < -0.3 is 10.7 Å². The molecule has 0 bridgehead atoms. The number of para-hydroxylation sites is 1. The van der Waals surface area contributed by atoms with Crippen molar-refractivity contribution in [2.45, 2.75) is 0 Å². The second-order valence-electron chi connectivity index (χ2n) is 6.89. The van der Waals surface area contributed by atoms with E-state index in [-0.39, 0.29) is 0 Å². The van der Waals surface area contributed by atoms with Crippen LogP contribution in [0.25, 0.3) is 17.0 Å². The highest BCUT2D eigenvalue weighted by Gasteiger charge is 2.18. The smallest absolute Gasteiger partial charge is 0.0894 e. The number of aromatic nitrogens is 3. The number of H-pyrrole nitrogens is 1. The van der Waals surface area contributed by atoms with Crippen molar-refractivity contribution in [2.24, 2.45) is 4.99 Å². The summed E-state index contributed by atoms with van der Waals surface area (Å²) >= 11 is 0. The molecule has 1 aliphatic rings. The van der Waals surface area contributed by atoms with E-state index in [1.54, 1.807) is 12.4 Å². The van der Waals surface area contributed by atoms with Crippen molar-refractivity contribution in [3.8, 4) is 11.4 Å². The average Bonchev–Trinajstić information content (AvgIpc) is 3.47. The Labute approximate surface area is 174 Å². The van der Waals surface area contributed by atoms with Crippen LogP contribution in [0.1, 0.15) is 17.0 Å². The van der Waals surface area contributed by atoms with Gasteiger partial charge in [-0.15, -0.1) is 0 Å². The predicted molar refractivity (Wildman–Crippen MR) is 121 cm³/mol. The van der Waals surface area contributed by atoms with Gasteiger partial charge in [-0.05, 0) is 54.6 Å². The van der Waals surface area contributed by atoms with Crippen LogP contribution in [0.2, 0.25) is 0 Å². The van der Waals surface area contributed by atoms with Crippen LogP contribution in [0.4, 0.5) is 5.69 Å². The highest BCUT2D eigenvalue weighted by Crippen LogP contribution is 2.34. The van der Waals surface area contributed by atoms with Crippen LogP contribution in [-0.4, -0.2) is 20.7 Å². The topological polar surface area (TPSA) is 79.9 Å². The number of nitrogen functional groups attached to an aromatic ring is 1. The van der Waals surface area contributed by atoms with E-state index in [0.29, 0.717) is 5.69 Å². The molecule has 4 heterocycles. The van der Waals surface area contributed by atoms with E-state index in [0.717, 1.165) is 45.3 Å². The van der Waals surface area contributed by atoms with Crippen molar-refractivity contribution >= 4 is 17.0 Å². The third kappa shape index (κ3) is 3.33. The summed E-state index contributed by atoms with van der Waals surface area (Å²) in [6, 6.07) is 23.6. The standard InChI is InChI=1S/C25H19N5/c26-18-8-2-1-7-17(18)25(23-13-11-21(29-23)19-9-3-5-15-27-19)24-14-12-22(30-24)20-10-4-6-16-28-20/h1-16,29H,26H2/b25-24-. The third-order valence-corrected chi connectivity index (χ3v) is 4.95. The van der Waals surface area contributed by atoms with E-state index in [4.69, 9.17) is 10.7 Å². The van der Waals surface area contributed by atoms with Crippen LogP contribution in [0.5, 0.6) is 0 Å². The Morgan fingerprint density at radius 3 is 2.20 bits per heavy atom. The van der Waals surface area contributed by atoms with Crippen LogP contribution >= 0.6 is 0 Å². The first-order valence-electron chi connectivity index (χ1n) is 9.68. The van der Waals surface area contributed by atoms with Gasteiger partial charge in [0, 0.05) is 34.9 Å². The molecular weight excluding hydrogens is 370 g/mol. The Morgan fingerprint density at radius 1 is 0.733 bits per heavy atom. The van der Waals surface area contributed by atoms with Gasteiger partial charge in [-0.25, -0.2) is 4.99 Å². The lowest BCUT2D eigenvalue weighted by molar-refractivity contribution is 1.26. The van der Waals surface area contributed by atoms with Gasteiger partial charge in [0.15, 0.2) is 0 Å². The van der Waals surface area contributed by atoms with Crippen LogP contribution < -0.4 is 5.73 Å². The van der Waals surface area contributed by atoms with Crippen molar-refractivity contribution in [3.05, 3.63) is 120 Å². The summed E-state index contributed by atoms with van der Waals surface area (Å²) in [6.07, 6.45) is 7.55. The molecule has 3 N–H and O–H groups in total. The van der Waals surface area contributed by atoms with E-state index < -0.39 is 0 Å². The van der Waals surface area contributed by atoms with E-state index in [1.165, 1.54) is 0 Å². The number of pyridine rings is 2. The number of nitrogens with one attached hydrogen (secondary N) is 1. The third-order valence-electron chi connectivity index (χ3n) is 4.95. The normalized spacial score (nSPS) is 14.6. The lowest BCUT2D eigenvalue weighted by atomic mass is 9.99. The molecule has 1 aliphatic heterocycles. The number of anilines is 1. The molecule has 0 amide bonds. The van der Waals surface area contributed by atoms with Crippen LogP contribution in [-0.2, 0) is 0 Å². The van der Waals surface area contributed by atoms with Crippen LogP contribution in [0, 0.1) is 0 Å². The molecule has 4 aromatic rings. The maximum Gasteiger partial charge on any atom is 0.0894 e. The van der Waals surface area contributed by atoms with Gasteiger partial charge in [0.05, 0.1) is 28.5 Å². The number of nitrogens with zero attached hydrogens (tertiary/aromatic N) is 3. The molecule has 0 unspecified atom stereocenters. The molecule has 30 heavy (non-hydrogen) atoms. The Bertz CT molecular complexity index is 1280. The maximum atomic E-state index is 6.34. The second kappa shape index (κ2) is 7.64. The Morgan fingerprint density at radius 2 is 1.47 bits per heavy atom. The monoisotopic (exact) mass is 389 g/mol. The lowest BCUT2D eigenvalue weighted by Gasteiger charge is -2.11. The highest BCUT2D eigenvalue weighted by molar-refractivity contribution is 6.11. The Kier molecular flexibility index (Phi) is 4.54. The molecule has 0 aliphatic carbocycles. The Hall–Kier alpha value is -4.25. The van der Waals surface area contributed by atoms with Crippen molar-refractivity contribution in [1.82, 2.24) is 15.0 Å². The lowest BCUT2D eigenvalue weighted by Crippen LogP contribution is -1.99. The predicted octanol–water partition coefficient (Wildman–Crippen LogP) is 4.87. The molecule has 5 nitrogen and oxygen atoms in total. The zero-order valence-electron chi connectivity index (χ0n) is 16.2. The fourth-order valence-corrected chi connectivity index (χ4v) is 3.52. The fourth-order valence-electron chi connectivity index (χ4n) is 3.52. The molecular formula is C25H19N5. The molecule has 1 aromatic carbocycles. The zero-order valence-corrected chi connectivity index (χ0v) is 16.2. The van der Waals surface area contributed by atoms with Crippen LogP contribution in [0.3, 0.4) is 0 Å². The number of aromatic amines is 1. The highest BCUT2D eigenvalue weighted by atomic mass is 14.8. The molecule has 3 aromatic heterocycles. The van der Waals surface area contributed by atoms with Crippen molar-refractivity contribution in [3.63, 3.8) is 0 Å². The summed E-state index contributed by atoms with van der Waals surface area (Å²) in [6.45, 7) is 0. The van der Waals surface area contributed by atoms with Gasteiger partial charge >= 0.3 is 0 Å². The maximum absolute atomic E-state index is 6.34. The molecule has 144 valence electrons. The molecule has 0 spiro atoms. The molecule has 0 atom stereocenters. The van der Waals surface area contributed by atoms with Gasteiger partial charge in [-0.1, -0.05) is 30.3 Å². The van der Waals surface area contributed by atoms with Gasteiger partial charge in [-0.2, -0.15) is 0 Å². The van der Waals surface area contributed by atoms with Crippen LogP contribution in [0.15, 0.2) is 108 Å². The van der Waals surface area contributed by atoms with Crippen molar-refractivity contribution in [1.29, 1.82) is 0 Å². The number of allylic oxidation sites excluding steroid dienone is 2. The number of aliphatic imine (C=N–C) groups is 1. The minimum atomic E-state index is 0.698. The van der Waals surface area contributed by atoms with Gasteiger partial charge in [0.2, 0.25) is 0 Å². The molecule has 0 saturated carbocycles. The first-order chi connectivity index (χ1) is 14.8.